The van der Waals surface area contributed by atoms with E-state index < -0.39 is 0 Å². The minimum atomic E-state index is 0.345. The van der Waals surface area contributed by atoms with Crippen LogP contribution in [-0.2, 0) is 0 Å². The second kappa shape index (κ2) is 5.56. The van der Waals surface area contributed by atoms with E-state index in [1.165, 1.54) is 5.56 Å². The van der Waals surface area contributed by atoms with Crippen LogP contribution in [-0.4, -0.2) is 18.7 Å². The summed E-state index contributed by atoms with van der Waals surface area (Å²) in [6, 6.07) is 3.59. The molecular weight excluding hydrogens is 186 g/mol. The Bertz CT molecular complexity index is 333. The minimum Gasteiger partial charge on any atom is -0.508 e. The van der Waals surface area contributed by atoms with E-state index in [-0.39, 0.29) is 0 Å². The number of hydrogen-bond acceptors (Lipinski definition) is 2. The molecule has 82 valence electrons. The van der Waals surface area contributed by atoms with E-state index in [9.17, 15) is 5.11 Å². The molecule has 0 heterocycles. The van der Waals surface area contributed by atoms with Crippen LogP contribution in [0.25, 0.3) is 6.08 Å². The lowest BCUT2D eigenvalue weighted by molar-refractivity contribution is 0.474. The standard InChI is InChI=1S/C13H19NO/c1-10-8-12(15)9-11(2)13(10)6-4-5-7-14-3/h4,6,8-9,14-15H,5,7H2,1-3H3. The number of rotatable bonds is 4. The van der Waals surface area contributed by atoms with Crippen molar-refractivity contribution in [2.24, 2.45) is 0 Å². The van der Waals surface area contributed by atoms with Crippen LogP contribution in [0.3, 0.4) is 0 Å². The molecule has 0 saturated carbocycles. The Morgan fingerprint density at radius 1 is 1.27 bits per heavy atom. The molecule has 0 atom stereocenters. The molecule has 0 saturated heterocycles. The summed E-state index contributed by atoms with van der Waals surface area (Å²) >= 11 is 0. The van der Waals surface area contributed by atoms with Gasteiger partial charge in [0.15, 0.2) is 0 Å². The zero-order valence-electron chi connectivity index (χ0n) is 9.67. The molecule has 1 aromatic carbocycles. The lowest BCUT2D eigenvalue weighted by Gasteiger charge is -2.06. The average Bonchev–Trinajstić information content (AvgIpc) is 2.15. The predicted molar refractivity (Wildman–Crippen MR) is 65.2 cm³/mol. The normalized spacial score (nSPS) is 11.1. The molecule has 2 heteroatoms. The van der Waals surface area contributed by atoms with Crippen molar-refractivity contribution >= 4 is 6.08 Å². The fraction of sp³-hybridized carbons (Fsp3) is 0.385. The topological polar surface area (TPSA) is 32.3 Å². The Labute approximate surface area is 91.6 Å². The van der Waals surface area contributed by atoms with E-state index in [0.717, 1.165) is 24.1 Å². The van der Waals surface area contributed by atoms with E-state index in [4.69, 9.17) is 0 Å². The van der Waals surface area contributed by atoms with Crippen LogP contribution in [0, 0.1) is 13.8 Å². The van der Waals surface area contributed by atoms with Crippen molar-refractivity contribution < 1.29 is 5.11 Å². The lowest BCUT2D eigenvalue weighted by Crippen LogP contribution is -2.05. The van der Waals surface area contributed by atoms with Crippen LogP contribution >= 0.6 is 0 Å². The molecular formula is C13H19NO. The van der Waals surface area contributed by atoms with Gasteiger partial charge in [0.2, 0.25) is 0 Å². The second-order valence-corrected chi connectivity index (χ2v) is 3.79. The molecule has 1 rings (SSSR count). The average molecular weight is 205 g/mol. The van der Waals surface area contributed by atoms with Gasteiger partial charge in [0, 0.05) is 0 Å². The summed E-state index contributed by atoms with van der Waals surface area (Å²) in [5.74, 6) is 0.345. The predicted octanol–water partition coefficient (Wildman–Crippen LogP) is 2.63. The smallest absolute Gasteiger partial charge is 0.116 e. The Hall–Kier alpha value is -1.28. The number of hydrogen-bond donors (Lipinski definition) is 2. The maximum Gasteiger partial charge on any atom is 0.116 e. The van der Waals surface area contributed by atoms with E-state index in [1.807, 2.05) is 20.9 Å². The molecule has 2 nitrogen and oxygen atoms in total. The first-order chi connectivity index (χ1) is 7.15. The Morgan fingerprint density at radius 2 is 1.87 bits per heavy atom. The maximum atomic E-state index is 9.39. The molecule has 0 spiro atoms. The third-order valence-electron chi connectivity index (χ3n) is 2.42. The first-order valence-electron chi connectivity index (χ1n) is 5.26. The first-order valence-corrected chi connectivity index (χ1v) is 5.26. The van der Waals surface area contributed by atoms with Crippen molar-refractivity contribution in [1.82, 2.24) is 5.32 Å². The van der Waals surface area contributed by atoms with Crippen molar-refractivity contribution in [3.8, 4) is 5.75 Å². The van der Waals surface area contributed by atoms with Crippen molar-refractivity contribution in [1.29, 1.82) is 0 Å². The SMILES string of the molecule is CNCCC=Cc1c(C)cc(O)cc1C. The highest BCUT2D eigenvalue weighted by Crippen LogP contribution is 2.21. The van der Waals surface area contributed by atoms with Crippen LogP contribution in [0.1, 0.15) is 23.1 Å². The molecule has 0 aromatic heterocycles. The van der Waals surface area contributed by atoms with E-state index in [2.05, 4.69) is 17.5 Å². The van der Waals surface area contributed by atoms with Crippen LogP contribution in [0.5, 0.6) is 5.75 Å². The first kappa shape index (κ1) is 11.8. The van der Waals surface area contributed by atoms with E-state index >= 15 is 0 Å². The Morgan fingerprint density at radius 3 is 2.40 bits per heavy atom. The van der Waals surface area contributed by atoms with Gasteiger partial charge < -0.3 is 10.4 Å². The number of nitrogens with one attached hydrogen (secondary N) is 1. The third kappa shape index (κ3) is 3.40. The van der Waals surface area contributed by atoms with Crippen LogP contribution < -0.4 is 5.32 Å². The summed E-state index contributed by atoms with van der Waals surface area (Å²) in [5, 5.41) is 12.5. The molecule has 2 N–H and O–H groups in total. The van der Waals surface area contributed by atoms with Crippen molar-refractivity contribution in [3.63, 3.8) is 0 Å². The highest BCUT2D eigenvalue weighted by molar-refractivity contribution is 5.59. The highest BCUT2D eigenvalue weighted by atomic mass is 16.3. The number of aryl methyl sites for hydroxylation is 2. The summed E-state index contributed by atoms with van der Waals surface area (Å²) in [6.07, 6.45) is 5.31. The van der Waals surface area contributed by atoms with Gasteiger partial charge >= 0.3 is 0 Å². The van der Waals surface area contributed by atoms with Crippen molar-refractivity contribution in [2.45, 2.75) is 20.3 Å². The van der Waals surface area contributed by atoms with Gasteiger partial charge in [0.05, 0.1) is 0 Å². The summed E-state index contributed by atoms with van der Waals surface area (Å²) in [5.41, 5.74) is 3.45. The molecule has 0 radical (unpaired) electrons. The fourth-order valence-electron chi connectivity index (χ4n) is 1.64. The van der Waals surface area contributed by atoms with E-state index in [0.29, 0.717) is 5.75 Å². The van der Waals surface area contributed by atoms with Crippen LogP contribution in [0.2, 0.25) is 0 Å². The molecule has 0 bridgehead atoms. The van der Waals surface area contributed by atoms with Gasteiger partial charge in [-0.2, -0.15) is 0 Å². The van der Waals surface area contributed by atoms with Crippen molar-refractivity contribution in [2.75, 3.05) is 13.6 Å². The number of benzene rings is 1. The monoisotopic (exact) mass is 205 g/mol. The van der Waals surface area contributed by atoms with Gasteiger partial charge in [-0.05, 0) is 62.7 Å². The second-order valence-electron chi connectivity index (χ2n) is 3.79. The van der Waals surface area contributed by atoms with E-state index in [1.54, 1.807) is 12.1 Å². The summed E-state index contributed by atoms with van der Waals surface area (Å²) in [4.78, 5) is 0. The third-order valence-corrected chi connectivity index (χ3v) is 2.42. The highest BCUT2D eigenvalue weighted by Gasteiger charge is 2.00. The quantitative estimate of drug-likeness (QED) is 0.741. The van der Waals surface area contributed by atoms with Gasteiger partial charge in [-0.1, -0.05) is 12.2 Å². The summed E-state index contributed by atoms with van der Waals surface area (Å²) < 4.78 is 0. The van der Waals surface area contributed by atoms with Gasteiger partial charge in [-0.25, -0.2) is 0 Å². The molecule has 0 aliphatic heterocycles. The van der Waals surface area contributed by atoms with Gasteiger partial charge in [0.25, 0.3) is 0 Å². The molecule has 0 amide bonds. The van der Waals surface area contributed by atoms with Gasteiger partial charge in [0.1, 0.15) is 5.75 Å². The maximum absolute atomic E-state index is 9.39. The zero-order valence-corrected chi connectivity index (χ0v) is 9.67. The fourth-order valence-corrected chi connectivity index (χ4v) is 1.64. The van der Waals surface area contributed by atoms with Gasteiger partial charge in [-0.3, -0.25) is 0 Å². The Balaban J connectivity index is 2.80. The number of phenolic OH excluding ortho intramolecular Hbond substituents is 1. The largest absolute Gasteiger partial charge is 0.508 e. The number of phenols is 1. The lowest BCUT2D eigenvalue weighted by atomic mass is 10.0. The molecule has 0 aliphatic carbocycles. The minimum absolute atomic E-state index is 0.345. The Kier molecular flexibility index (Phi) is 4.37. The molecule has 1 aromatic rings. The van der Waals surface area contributed by atoms with Crippen LogP contribution in [0.4, 0.5) is 0 Å². The zero-order chi connectivity index (χ0) is 11.3. The van der Waals surface area contributed by atoms with Crippen molar-refractivity contribution in [3.05, 3.63) is 34.9 Å². The molecule has 15 heavy (non-hydrogen) atoms. The molecule has 0 fully saturated rings. The van der Waals surface area contributed by atoms with Gasteiger partial charge in [-0.15, -0.1) is 0 Å². The number of aromatic hydroxyl groups is 1. The summed E-state index contributed by atoms with van der Waals surface area (Å²) in [6.45, 7) is 5.03. The van der Waals surface area contributed by atoms with Crippen LogP contribution in [0.15, 0.2) is 18.2 Å². The molecule has 0 aliphatic rings. The summed E-state index contributed by atoms with van der Waals surface area (Å²) in [7, 11) is 1.95. The molecule has 0 unspecified atom stereocenters.